The third-order valence-corrected chi connectivity index (χ3v) is 2.60. The van der Waals surface area contributed by atoms with Crippen molar-refractivity contribution in [1.82, 2.24) is 4.98 Å². The summed E-state index contributed by atoms with van der Waals surface area (Å²) in [5.41, 5.74) is 8.72. The van der Waals surface area contributed by atoms with Crippen LogP contribution in [0.1, 0.15) is 11.3 Å². The average Bonchev–Trinajstić information content (AvgIpc) is 2.42. The molecule has 3 N–H and O–H groups in total. The molecule has 0 aliphatic rings. The number of nitrogens with two attached hydrogens (primary N) is 1. The van der Waals surface area contributed by atoms with Gasteiger partial charge in [0.1, 0.15) is 0 Å². The quantitative estimate of drug-likeness (QED) is 0.720. The molecule has 0 aliphatic heterocycles. The van der Waals surface area contributed by atoms with Crippen molar-refractivity contribution < 1.29 is 0 Å². The van der Waals surface area contributed by atoms with Crippen molar-refractivity contribution in [2.45, 2.75) is 13.5 Å². The van der Waals surface area contributed by atoms with E-state index >= 15 is 0 Å². The fourth-order valence-corrected chi connectivity index (χ4v) is 1.76. The predicted octanol–water partition coefficient (Wildman–Crippen LogP) is 2.59. The summed E-state index contributed by atoms with van der Waals surface area (Å²) < 4.78 is 0. The molecule has 0 saturated carbocycles. The molecule has 0 radical (unpaired) electrons. The second kappa shape index (κ2) is 3.05. The van der Waals surface area contributed by atoms with Crippen molar-refractivity contribution in [3.8, 4) is 0 Å². The molecular formula is C10H11ClN2. The molecule has 2 rings (SSSR count). The van der Waals surface area contributed by atoms with Gasteiger partial charge < -0.3 is 10.7 Å². The van der Waals surface area contributed by atoms with Crippen molar-refractivity contribution >= 4 is 22.5 Å². The number of halogens is 1. The van der Waals surface area contributed by atoms with Crippen molar-refractivity contribution in [3.05, 3.63) is 34.5 Å². The summed E-state index contributed by atoms with van der Waals surface area (Å²) in [6.07, 6.45) is 0. The standard InChI is InChI=1S/C10H11ClN2/c1-6-2-3-7-8(4-6)13-9(5-12)10(7)11/h2-4,13H,5,12H2,1H3. The lowest BCUT2D eigenvalue weighted by molar-refractivity contribution is 1.02. The summed E-state index contributed by atoms with van der Waals surface area (Å²) in [5.74, 6) is 0. The molecule has 2 nitrogen and oxygen atoms in total. The van der Waals surface area contributed by atoms with Gasteiger partial charge >= 0.3 is 0 Å². The van der Waals surface area contributed by atoms with E-state index < -0.39 is 0 Å². The van der Waals surface area contributed by atoms with E-state index in [4.69, 9.17) is 17.3 Å². The zero-order chi connectivity index (χ0) is 9.42. The van der Waals surface area contributed by atoms with E-state index in [-0.39, 0.29) is 0 Å². The monoisotopic (exact) mass is 194 g/mol. The first-order valence-corrected chi connectivity index (χ1v) is 4.57. The first-order valence-electron chi connectivity index (χ1n) is 4.19. The highest BCUT2D eigenvalue weighted by atomic mass is 35.5. The maximum atomic E-state index is 6.10. The van der Waals surface area contributed by atoms with Gasteiger partial charge in [0, 0.05) is 23.1 Å². The van der Waals surface area contributed by atoms with E-state index in [0.29, 0.717) is 6.54 Å². The summed E-state index contributed by atoms with van der Waals surface area (Å²) >= 11 is 6.10. The number of fused-ring (bicyclic) bond motifs is 1. The number of benzene rings is 1. The van der Waals surface area contributed by atoms with Crippen molar-refractivity contribution in [1.29, 1.82) is 0 Å². The van der Waals surface area contributed by atoms with Gasteiger partial charge in [0.05, 0.1) is 5.02 Å². The van der Waals surface area contributed by atoms with E-state index in [1.54, 1.807) is 0 Å². The molecular weight excluding hydrogens is 184 g/mol. The van der Waals surface area contributed by atoms with Gasteiger partial charge in [-0.15, -0.1) is 0 Å². The number of aryl methyl sites for hydroxylation is 1. The van der Waals surface area contributed by atoms with Gasteiger partial charge in [0.15, 0.2) is 0 Å². The third kappa shape index (κ3) is 1.32. The highest BCUT2D eigenvalue weighted by molar-refractivity contribution is 6.36. The Labute approximate surface area is 81.7 Å². The minimum absolute atomic E-state index is 0.451. The fraction of sp³-hybridized carbons (Fsp3) is 0.200. The fourth-order valence-electron chi connectivity index (χ4n) is 1.47. The van der Waals surface area contributed by atoms with Crippen LogP contribution in [0.2, 0.25) is 5.02 Å². The topological polar surface area (TPSA) is 41.8 Å². The van der Waals surface area contributed by atoms with Gasteiger partial charge in [0.25, 0.3) is 0 Å². The molecule has 0 unspecified atom stereocenters. The van der Waals surface area contributed by atoms with Crippen molar-refractivity contribution in [2.75, 3.05) is 0 Å². The van der Waals surface area contributed by atoms with Crippen molar-refractivity contribution in [2.24, 2.45) is 5.73 Å². The summed E-state index contributed by atoms with van der Waals surface area (Å²) in [7, 11) is 0. The van der Waals surface area contributed by atoms with Crippen LogP contribution < -0.4 is 5.73 Å². The van der Waals surface area contributed by atoms with Gasteiger partial charge in [-0.3, -0.25) is 0 Å². The Morgan fingerprint density at radius 1 is 1.46 bits per heavy atom. The molecule has 0 saturated heterocycles. The molecule has 0 amide bonds. The number of H-pyrrole nitrogens is 1. The van der Waals surface area contributed by atoms with Crippen LogP contribution >= 0.6 is 11.6 Å². The van der Waals surface area contributed by atoms with Gasteiger partial charge in [-0.2, -0.15) is 0 Å². The lowest BCUT2D eigenvalue weighted by Gasteiger charge is -1.91. The Morgan fingerprint density at radius 3 is 2.92 bits per heavy atom. The molecule has 1 aromatic heterocycles. The van der Waals surface area contributed by atoms with Crippen LogP contribution in [0.3, 0.4) is 0 Å². The zero-order valence-corrected chi connectivity index (χ0v) is 8.15. The molecule has 13 heavy (non-hydrogen) atoms. The van der Waals surface area contributed by atoms with E-state index in [2.05, 4.69) is 18.0 Å². The average molecular weight is 195 g/mol. The van der Waals surface area contributed by atoms with E-state index in [0.717, 1.165) is 21.6 Å². The second-order valence-electron chi connectivity index (χ2n) is 3.17. The molecule has 0 aliphatic carbocycles. The highest BCUT2D eigenvalue weighted by Gasteiger charge is 2.06. The Balaban J connectivity index is 2.76. The van der Waals surface area contributed by atoms with E-state index in [9.17, 15) is 0 Å². The Morgan fingerprint density at radius 2 is 2.23 bits per heavy atom. The minimum Gasteiger partial charge on any atom is -0.356 e. The third-order valence-electron chi connectivity index (χ3n) is 2.17. The van der Waals surface area contributed by atoms with Gasteiger partial charge in [-0.1, -0.05) is 23.7 Å². The summed E-state index contributed by atoms with van der Waals surface area (Å²) in [5, 5.41) is 1.80. The molecule has 1 heterocycles. The van der Waals surface area contributed by atoms with Gasteiger partial charge in [-0.25, -0.2) is 0 Å². The first-order chi connectivity index (χ1) is 6.22. The van der Waals surface area contributed by atoms with Gasteiger partial charge in [0.2, 0.25) is 0 Å². The molecule has 0 spiro atoms. The van der Waals surface area contributed by atoms with Crippen LogP contribution in [0.15, 0.2) is 18.2 Å². The highest BCUT2D eigenvalue weighted by Crippen LogP contribution is 2.27. The Hall–Kier alpha value is -0.990. The molecule has 1 aromatic carbocycles. The Kier molecular flexibility index (Phi) is 2.02. The van der Waals surface area contributed by atoms with Gasteiger partial charge in [-0.05, 0) is 18.6 Å². The zero-order valence-electron chi connectivity index (χ0n) is 7.39. The number of aromatic nitrogens is 1. The second-order valence-corrected chi connectivity index (χ2v) is 3.55. The minimum atomic E-state index is 0.451. The first kappa shape index (κ1) is 8.60. The molecule has 0 atom stereocenters. The van der Waals surface area contributed by atoms with E-state index in [1.165, 1.54) is 5.56 Å². The number of hydrogen-bond donors (Lipinski definition) is 2. The lowest BCUT2D eigenvalue weighted by atomic mass is 10.2. The molecule has 2 aromatic rings. The van der Waals surface area contributed by atoms with Crippen LogP contribution in [0.5, 0.6) is 0 Å². The van der Waals surface area contributed by atoms with Crippen LogP contribution in [0.4, 0.5) is 0 Å². The number of hydrogen-bond acceptors (Lipinski definition) is 1. The largest absolute Gasteiger partial charge is 0.356 e. The molecule has 0 bridgehead atoms. The molecule has 3 heteroatoms. The SMILES string of the molecule is Cc1ccc2c(Cl)c(CN)[nH]c2c1. The maximum absolute atomic E-state index is 6.10. The smallest absolute Gasteiger partial charge is 0.0705 e. The predicted molar refractivity (Wildman–Crippen MR) is 55.9 cm³/mol. The summed E-state index contributed by atoms with van der Waals surface area (Å²) in [4.78, 5) is 3.20. The van der Waals surface area contributed by atoms with Crippen LogP contribution in [0.25, 0.3) is 10.9 Å². The normalized spacial score (nSPS) is 11.0. The number of rotatable bonds is 1. The Bertz CT molecular complexity index is 445. The van der Waals surface area contributed by atoms with Crippen LogP contribution in [0, 0.1) is 6.92 Å². The van der Waals surface area contributed by atoms with Crippen LogP contribution in [-0.2, 0) is 6.54 Å². The molecule has 68 valence electrons. The maximum Gasteiger partial charge on any atom is 0.0705 e. The number of aromatic amines is 1. The van der Waals surface area contributed by atoms with Crippen LogP contribution in [-0.4, -0.2) is 4.98 Å². The van der Waals surface area contributed by atoms with Crippen molar-refractivity contribution in [3.63, 3.8) is 0 Å². The number of nitrogens with one attached hydrogen (secondary N) is 1. The summed E-state index contributed by atoms with van der Waals surface area (Å²) in [6.45, 7) is 2.50. The molecule has 0 fully saturated rings. The summed E-state index contributed by atoms with van der Waals surface area (Å²) in [6, 6.07) is 6.13. The van der Waals surface area contributed by atoms with E-state index in [1.807, 2.05) is 12.1 Å². The lowest BCUT2D eigenvalue weighted by Crippen LogP contribution is -1.96.